The van der Waals surface area contributed by atoms with Gasteiger partial charge in [0.2, 0.25) is 0 Å². The van der Waals surface area contributed by atoms with Crippen molar-refractivity contribution >= 4 is 6.21 Å². The van der Waals surface area contributed by atoms with Gasteiger partial charge in [0.15, 0.2) is 6.73 Å². The van der Waals surface area contributed by atoms with E-state index in [1.54, 1.807) is 12.5 Å². The first-order chi connectivity index (χ1) is 5.00. The van der Waals surface area contributed by atoms with Crippen molar-refractivity contribution in [3.63, 3.8) is 0 Å². The topological polar surface area (TPSA) is 21.6 Å². The fourth-order valence-electron chi connectivity index (χ4n) is 0.533. The van der Waals surface area contributed by atoms with Gasteiger partial charge in [-0.1, -0.05) is 18.2 Å². The minimum atomic E-state index is 0.397. The summed E-state index contributed by atoms with van der Waals surface area (Å²) in [5, 5.41) is 0. The molecular formula is C8H9NO. The molecule has 10 heavy (non-hydrogen) atoms. The molecule has 0 aromatic rings. The first-order valence-electron chi connectivity index (χ1n) is 3.10. The summed E-state index contributed by atoms with van der Waals surface area (Å²) < 4.78 is 4.95. The van der Waals surface area contributed by atoms with E-state index < -0.39 is 0 Å². The molecule has 0 aromatic carbocycles. The molecule has 0 aromatic heterocycles. The van der Waals surface area contributed by atoms with Crippen LogP contribution in [0.3, 0.4) is 0 Å². The van der Waals surface area contributed by atoms with Crippen molar-refractivity contribution in [2.45, 2.75) is 0 Å². The van der Waals surface area contributed by atoms with E-state index in [0.717, 1.165) is 0 Å². The van der Waals surface area contributed by atoms with Gasteiger partial charge in [-0.25, -0.2) is 0 Å². The van der Waals surface area contributed by atoms with Crippen LogP contribution in [0.2, 0.25) is 0 Å². The highest BCUT2D eigenvalue weighted by atomic mass is 16.5. The SMILES string of the molecule is C1=C\C=N\CO\C=C/C=C/1. The zero-order valence-corrected chi connectivity index (χ0v) is 5.60. The van der Waals surface area contributed by atoms with Crippen molar-refractivity contribution in [2.24, 2.45) is 4.99 Å². The molecule has 0 N–H and O–H groups in total. The Balaban J connectivity index is 2.53. The number of allylic oxidation sites excluding steroid dienone is 5. The van der Waals surface area contributed by atoms with Crippen LogP contribution in [-0.2, 0) is 4.74 Å². The summed E-state index contributed by atoms with van der Waals surface area (Å²) in [5.41, 5.74) is 0. The normalized spacial score (nSPS) is 29.6. The van der Waals surface area contributed by atoms with Gasteiger partial charge >= 0.3 is 0 Å². The van der Waals surface area contributed by atoms with Crippen LogP contribution in [0.1, 0.15) is 0 Å². The van der Waals surface area contributed by atoms with E-state index >= 15 is 0 Å². The van der Waals surface area contributed by atoms with E-state index in [9.17, 15) is 0 Å². The second-order valence-electron chi connectivity index (χ2n) is 1.73. The van der Waals surface area contributed by atoms with Crippen molar-refractivity contribution in [1.29, 1.82) is 0 Å². The second kappa shape index (κ2) is 4.56. The zero-order chi connectivity index (χ0) is 7.07. The van der Waals surface area contributed by atoms with Gasteiger partial charge in [-0.15, -0.1) is 0 Å². The maximum Gasteiger partial charge on any atom is 0.178 e. The minimum Gasteiger partial charge on any atom is -0.479 e. The van der Waals surface area contributed by atoms with Crippen LogP contribution >= 0.6 is 0 Å². The lowest BCUT2D eigenvalue weighted by Gasteiger charge is -1.91. The van der Waals surface area contributed by atoms with Crippen molar-refractivity contribution in [3.8, 4) is 0 Å². The number of hydrogen-bond acceptors (Lipinski definition) is 2. The Hall–Kier alpha value is -1.31. The number of nitrogens with zero attached hydrogens (tertiary/aromatic N) is 1. The zero-order valence-electron chi connectivity index (χ0n) is 5.60. The van der Waals surface area contributed by atoms with Gasteiger partial charge < -0.3 is 4.74 Å². The van der Waals surface area contributed by atoms with Crippen LogP contribution in [0, 0.1) is 0 Å². The molecule has 1 aliphatic rings. The maximum absolute atomic E-state index is 4.95. The molecule has 0 bridgehead atoms. The number of ether oxygens (including phenoxy) is 1. The van der Waals surface area contributed by atoms with Crippen LogP contribution < -0.4 is 0 Å². The molecule has 2 nitrogen and oxygen atoms in total. The van der Waals surface area contributed by atoms with Crippen molar-refractivity contribution in [3.05, 3.63) is 36.6 Å². The molecule has 2 heteroatoms. The summed E-state index contributed by atoms with van der Waals surface area (Å²) in [6, 6.07) is 0. The Labute approximate surface area is 60.2 Å². The Morgan fingerprint density at radius 2 is 1.80 bits per heavy atom. The van der Waals surface area contributed by atoms with Gasteiger partial charge in [0.25, 0.3) is 0 Å². The highest BCUT2D eigenvalue weighted by Crippen LogP contribution is 1.84. The lowest BCUT2D eigenvalue weighted by Crippen LogP contribution is -1.81. The number of aliphatic imine (C=N–C) groups is 1. The maximum atomic E-state index is 4.95. The van der Waals surface area contributed by atoms with Crippen molar-refractivity contribution in [2.75, 3.05) is 6.73 Å². The Morgan fingerprint density at radius 1 is 1.00 bits per heavy atom. The quantitative estimate of drug-likeness (QED) is 0.495. The molecular weight excluding hydrogens is 126 g/mol. The first kappa shape index (κ1) is 6.81. The Kier molecular flexibility index (Phi) is 3.10. The first-order valence-corrected chi connectivity index (χ1v) is 3.10. The molecule has 1 heterocycles. The molecule has 0 saturated heterocycles. The van der Waals surface area contributed by atoms with E-state index in [-0.39, 0.29) is 0 Å². The molecule has 0 radical (unpaired) electrons. The predicted molar refractivity (Wildman–Crippen MR) is 41.9 cm³/mol. The van der Waals surface area contributed by atoms with Crippen LogP contribution in [-0.4, -0.2) is 12.9 Å². The molecule has 52 valence electrons. The standard InChI is InChI=1S/C8H9NO/c1-2-4-6-9-8-10-7-5-3-1/h1-7H,8H2/b3-1+,4-2-,7-5-,9-6+. The van der Waals surface area contributed by atoms with Gasteiger partial charge in [0, 0.05) is 6.21 Å². The molecule has 0 atom stereocenters. The van der Waals surface area contributed by atoms with Gasteiger partial charge in [-0.2, -0.15) is 0 Å². The molecule has 0 saturated carbocycles. The van der Waals surface area contributed by atoms with Gasteiger partial charge in [0.1, 0.15) is 0 Å². The molecule has 0 spiro atoms. The van der Waals surface area contributed by atoms with Crippen molar-refractivity contribution < 1.29 is 4.74 Å². The monoisotopic (exact) mass is 135 g/mol. The van der Waals surface area contributed by atoms with E-state index in [2.05, 4.69) is 4.99 Å². The Morgan fingerprint density at radius 3 is 2.80 bits per heavy atom. The average molecular weight is 135 g/mol. The van der Waals surface area contributed by atoms with E-state index in [4.69, 9.17) is 4.74 Å². The molecule has 0 fully saturated rings. The Bertz CT molecular complexity index is 167. The smallest absolute Gasteiger partial charge is 0.178 e. The van der Waals surface area contributed by atoms with Crippen LogP contribution in [0.25, 0.3) is 0 Å². The molecule has 1 aliphatic heterocycles. The fourth-order valence-corrected chi connectivity index (χ4v) is 0.533. The third kappa shape index (κ3) is 2.87. The third-order valence-electron chi connectivity index (χ3n) is 0.960. The number of hydrogen-bond donors (Lipinski definition) is 0. The van der Waals surface area contributed by atoms with Crippen LogP contribution in [0.5, 0.6) is 0 Å². The van der Waals surface area contributed by atoms with Gasteiger partial charge in [-0.05, 0) is 12.2 Å². The predicted octanol–water partition coefficient (Wildman–Crippen LogP) is 1.67. The molecule has 0 unspecified atom stereocenters. The summed E-state index contributed by atoms with van der Waals surface area (Å²) >= 11 is 0. The summed E-state index contributed by atoms with van der Waals surface area (Å²) in [6.45, 7) is 0.397. The molecule has 1 rings (SSSR count). The summed E-state index contributed by atoms with van der Waals surface area (Å²) in [5.74, 6) is 0. The lowest BCUT2D eigenvalue weighted by atomic mass is 10.4. The fraction of sp³-hybridized carbons (Fsp3) is 0.125. The minimum absolute atomic E-state index is 0.397. The highest BCUT2D eigenvalue weighted by molar-refractivity contribution is 5.71. The second-order valence-corrected chi connectivity index (χ2v) is 1.73. The van der Waals surface area contributed by atoms with E-state index in [1.165, 1.54) is 0 Å². The molecule has 0 aliphatic carbocycles. The highest BCUT2D eigenvalue weighted by Gasteiger charge is 1.73. The summed E-state index contributed by atoms with van der Waals surface area (Å²) in [6.07, 6.45) is 12.7. The largest absolute Gasteiger partial charge is 0.479 e. The van der Waals surface area contributed by atoms with Gasteiger partial charge in [-0.3, -0.25) is 4.99 Å². The third-order valence-corrected chi connectivity index (χ3v) is 0.960. The van der Waals surface area contributed by atoms with Gasteiger partial charge in [0.05, 0.1) is 6.26 Å². The van der Waals surface area contributed by atoms with Crippen LogP contribution in [0.4, 0.5) is 0 Å². The van der Waals surface area contributed by atoms with Crippen LogP contribution in [0.15, 0.2) is 41.6 Å². The number of rotatable bonds is 0. The average Bonchev–Trinajstić information content (AvgIpc) is 2.01. The summed E-state index contributed by atoms with van der Waals surface area (Å²) in [7, 11) is 0. The summed E-state index contributed by atoms with van der Waals surface area (Å²) in [4.78, 5) is 3.91. The molecule has 0 amide bonds. The lowest BCUT2D eigenvalue weighted by molar-refractivity contribution is 0.262. The van der Waals surface area contributed by atoms with Crippen molar-refractivity contribution in [1.82, 2.24) is 0 Å². The van der Waals surface area contributed by atoms with E-state index in [0.29, 0.717) is 6.73 Å². The van der Waals surface area contributed by atoms with E-state index in [1.807, 2.05) is 30.4 Å².